The molecule has 1 unspecified atom stereocenters. The molecule has 0 spiro atoms. The molecule has 0 aromatic heterocycles. The van der Waals surface area contributed by atoms with Gasteiger partial charge in [0.15, 0.2) is 5.96 Å². The van der Waals surface area contributed by atoms with Crippen LogP contribution in [0.5, 0.6) is 0 Å². The third kappa shape index (κ3) is 5.90. The molecule has 23 heavy (non-hydrogen) atoms. The van der Waals surface area contributed by atoms with Gasteiger partial charge in [-0.15, -0.1) is 0 Å². The summed E-state index contributed by atoms with van der Waals surface area (Å²) in [7, 11) is 1.82. The third-order valence-corrected chi connectivity index (χ3v) is 5.38. The van der Waals surface area contributed by atoms with Crippen LogP contribution in [0.25, 0.3) is 0 Å². The normalized spacial score (nSPS) is 23.9. The van der Waals surface area contributed by atoms with Crippen LogP contribution < -0.4 is 5.32 Å². The number of likely N-dealkylation sites (tertiary alicyclic amines) is 1. The zero-order valence-corrected chi connectivity index (χ0v) is 15.7. The van der Waals surface area contributed by atoms with E-state index in [1.165, 1.54) is 24.3 Å². The maximum Gasteiger partial charge on any atom is 0.311 e. The summed E-state index contributed by atoms with van der Waals surface area (Å²) in [5.41, 5.74) is -0.413. The summed E-state index contributed by atoms with van der Waals surface area (Å²) in [5.74, 6) is 4.09. The standard InChI is InChI=1S/C17H31N3O2S/c1-17(2,3)22-15(21)14-5-8-20(12-14)16(18-4)19-11-13-6-9-23-10-7-13/h13-14H,5-12H2,1-4H3,(H,18,19). The second kappa shape index (κ2) is 8.27. The van der Waals surface area contributed by atoms with E-state index in [4.69, 9.17) is 4.74 Å². The molecule has 0 aliphatic carbocycles. The quantitative estimate of drug-likeness (QED) is 0.485. The second-order valence-corrected chi connectivity index (χ2v) is 8.67. The van der Waals surface area contributed by atoms with Crippen LogP contribution in [-0.4, -0.2) is 60.6 Å². The van der Waals surface area contributed by atoms with Crippen molar-refractivity contribution in [1.29, 1.82) is 0 Å². The lowest BCUT2D eigenvalue weighted by atomic mass is 10.0. The van der Waals surface area contributed by atoms with E-state index < -0.39 is 5.60 Å². The largest absolute Gasteiger partial charge is 0.460 e. The van der Waals surface area contributed by atoms with Gasteiger partial charge >= 0.3 is 5.97 Å². The van der Waals surface area contributed by atoms with E-state index in [1.54, 1.807) is 0 Å². The fraction of sp³-hybridized carbons (Fsp3) is 0.882. The van der Waals surface area contributed by atoms with Crippen molar-refractivity contribution in [3.8, 4) is 0 Å². The number of nitrogens with one attached hydrogen (secondary N) is 1. The van der Waals surface area contributed by atoms with Crippen molar-refractivity contribution in [3.63, 3.8) is 0 Å². The van der Waals surface area contributed by atoms with Gasteiger partial charge in [-0.25, -0.2) is 0 Å². The molecule has 2 saturated heterocycles. The van der Waals surface area contributed by atoms with E-state index in [1.807, 2.05) is 27.8 Å². The number of carbonyl (C=O) groups excluding carboxylic acids is 1. The molecule has 0 aromatic rings. The predicted octanol–water partition coefficient (Wildman–Crippen LogP) is 2.37. The molecule has 132 valence electrons. The lowest BCUT2D eigenvalue weighted by Crippen LogP contribution is -2.43. The van der Waals surface area contributed by atoms with Crippen molar-refractivity contribution >= 4 is 23.7 Å². The number of aliphatic imine (C=N–C) groups is 1. The topological polar surface area (TPSA) is 53.9 Å². The number of hydrogen-bond donors (Lipinski definition) is 1. The van der Waals surface area contributed by atoms with Gasteiger partial charge in [-0.1, -0.05) is 0 Å². The van der Waals surface area contributed by atoms with Crippen LogP contribution in [0.3, 0.4) is 0 Å². The minimum Gasteiger partial charge on any atom is -0.460 e. The molecule has 1 atom stereocenters. The van der Waals surface area contributed by atoms with E-state index in [-0.39, 0.29) is 11.9 Å². The fourth-order valence-corrected chi connectivity index (χ4v) is 4.25. The smallest absolute Gasteiger partial charge is 0.311 e. The maximum atomic E-state index is 12.2. The molecule has 2 aliphatic heterocycles. The number of carbonyl (C=O) groups is 1. The number of nitrogens with zero attached hydrogens (tertiary/aromatic N) is 2. The summed E-state index contributed by atoms with van der Waals surface area (Å²) in [6.45, 7) is 8.31. The molecule has 0 saturated carbocycles. The molecule has 0 aromatic carbocycles. The van der Waals surface area contributed by atoms with E-state index in [0.29, 0.717) is 6.54 Å². The van der Waals surface area contributed by atoms with Gasteiger partial charge in [-0.3, -0.25) is 9.79 Å². The van der Waals surface area contributed by atoms with Crippen molar-refractivity contribution in [1.82, 2.24) is 10.2 Å². The molecule has 2 aliphatic rings. The van der Waals surface area contributed by atoms with E-state index in [2.05, 4.69) is 27.0 Å². The average Bonchev–Trinajstić information content (AvgIpc) is 2.97. The van der Waals surface area contributed by atoms with Gasteiger partial charge < -0.3 is 15.0 Å². The van der Waals surface area contributed by atoms with Gasteiger partial charge in [0, 0.05) is 26.7 Å². The minimum absolute atomic E-state index is 0.0427. The molecular weight excluding hydrogens is 310 g/mol. The Labute approximate surface area is 144 Å². The van der Waals surface area contributed by atoms with Crippen LogP contribution in [0.4, 0.5) is 0 Å². The van der Waals surface area contributed by atoms with Crippen LogP contribution >= 0.6 is 11.8 Å². The van der Waals surface area contributed by atoms with Gasteiger partial charge in [-0.2, -0.15) is 11.8 Å². The summed E-state index contributed by atoms with van der Waals surface area (Å²) in [5, 5.41) is 3.50. The van der Waals surface area contributed by atoms with Gasteiger partial charge in [0.1, 0.15) is 5.60 Å². The average molecular weight is 342 g/mol. The molecule has 0 radical (unpaired) electrons. The van der Waals surface area contributed by atoms with Gasteiger partial charge in [0.25, 0.3) is 0 Å². The van der Waals surface area contributed by atoms with Crippen molar-refractivity contribution in [2.45, 2.75) is 45.6 Å². The highest BCUT2D eigenvalue weighted by Crippen LogP contribution is 2.23. The Morgan fingerprint density at radius 2 is 2.00 bits per heavy atom. The number of guanidine groups is 1. The highest BCUT2D eigenvalue weighted by atomic mass is 32.2. The lowest BCUT2D eigenvalue weighted by molar-refractivity contribution is -0.159. The third-order valence-electron chi connectivity index (χ3n) is 4.33. The number of rotatable bonds is 3. The number of hydrogen-bond acceptors (Lipinski definition) is 4. The molecule has 6 heteroatoms. The first kappa shape index (κ1) is 18.4. The number of esters is 1. The molecule has 2 rings (SSSR count). The first-order chi connectivity index (χ1) is 10.9. The van der Waals surface area contributed by atoms with Crippen LogP contribution in [0.1, 0.15) is 40.0 Å². The first-order valence-corrected chi connectivity index (χ1v) is 9.80. The van der Waals surface area contributed by atoms with Gasteiger partial charge in [-0.05, 0) is 57.5 Å². The molecule has 5 nitrogen and oxygen atoms in total. The van der Waals surface area contributed by atoms with Gasteiger partial charge in [0.05, 0.1) is 5.92 Å². The Hall–Kier alpha value is -0.910. The molecule has 2 heterocycles. The SMILES string of the molecule is CN=C(NCC1CCSCC1)N1CCC(C(=O)OC(C)(C)C)C1. The predicted molar refractivity (Wildman–Crippen MR) is 96.9 cm³/mol. The number of ether oxygens (including phenoxy) is 1. The van der Waals surface area contributed by atoms with Crippen molar-refractivity contribution in [2.24, 2.45) is 16.8 Å². The van der Waals surface area contributed by atoms with Crippen LogP contribution in [0.15, 0.2) is 4.99 Å². The van der Waals surface area contributed by atoms with Crippen molar-refractivity contribution in [3.05, 3.63) is 0 Å². The van der Waals surface area contributed by atoms with E-state index in [9.17, 15) is 4.79 Å². The van der Waals surface area contributed by atoms with E-state index >= 15 is 0 Å². The summed E-state index contributed by atoms with van der Waals surface area (Å²) in [6.07, 6.45) is 3.42. The Morgan fingerprint density at radius 1 is 1.30 bits per heavy atom. The highest BCUT2D eigenvalue weighted by molar-refractivity contribution is 7.99. The summed E-state index contributed by atoms with van der Waals surface area (Å²) < 4.78 is 5.51. The van der Waals surface area contributed by atoms with Gasteiger partial charge in [0.2, 0.25) is 0 Å². The second-order valence-electron chi connectivity index (χ2n) is 7.45. The highest BCUT2D eigenvalue weighted by Gasteiger charge is 2.33. The molecular formula is C17H31N3O2S. The lowest BCUT2D eigenvalue weighted by Gasteiger charge is -2.26. The minimum atomic E-state index is -0.413. The summed E-state index contributed by atoms with van der Waals surface area (Å²) in [4.78, 5) is 18.8. The van der Waals surface area contributed by atoms with E-state index in [0.717, 1.165) is 31.4 Å². The number of thioether (sulfide) groups is 1. The van der Waals surface area contributed by atoms with Crippen molar-refractivity contribution < 1.29 is 9.53 Å². The Kier molecular flexibility index (Phi) is 6.62. The van der Waals surface area contributed by atoms with Crippen LogP contribution in [0, 0.1) is 11.8 Å². The fourth-order valence-electron chi connectivity index (χ4n) is 3.05. The van der Waals surface area contributed by atoms with Crippen LogP contribution in [-0.2, 0) is 9.53 Å². The molecule has 1 N–H and O–H groups in total. The van der Waals surface area contributed by atoms with Crippen molar-refractivity contribution in [2.75, 3.05) is 38.2 Å². The molecule has 0 amide bonds. The summed E-state index contributed by atoms with van der Waals surface area (Å²) in [6, 6.07) is 0. The maximum absolute atomic E-state index is 12.2. The molecule has 0 bridgehead atoms. The zero-order valence-electron chi connectivity index (χ0n) is 14.9. The Balaban J connectivity index is 1.80. The Morgan fingerprint density at radius 3 is 2.61 bits per heavy atom. The molecule has 2 fully saturated rings. The first-order valence-electron chi connectivity index (χ1n) is 8.65. The van der Waals surface area contributed by atoms with Crippen LogP contribution in [0.2, 0.25) is 0 Å². The summed E-state index contributed by atoms with van der Waals surface area (Å²) >= 11 is 2.05. The monoisotopic (exact) mass is 341 g/mol. The Bertz CT molecular complexity index is 428. The zero-order chi connectivity index (χ0) is 16.9.